The maximum absolute atomic E-state index is 8.68. The molecule has 1 rings (SSSR count). The Bertz CT molecular complexity index is 372. The number of benzene rings is 1. The van der Waals surface area contributed by atoms with E-state index in [4.69, 9.17) is 9.84 Å². The van der Waals surface area contributed by atoms with E-state index in [1.54, 1.807) is 7.11 Å². The minimum Gasteiger partial charge on any atom is -0.495 e. The number of methoxy groups -OCH3 is 1. The van der Waals surface area contributed by atoms with Crippen LogP contribution in [0.25, 0.3) is 0 Å². The van der Waals surface area contributed by atoms with Crippen LogP contribution in [0.5, 0.6) is 5.75 Å². The SMILES string of the molecule is COc1c(Br)cc(Br)cc1CNCCCCCO. The van der Waals surface area contributed by atoms with Crippen molar-refractivity contribution in [3.05, 3.63) is 26.6 Å². The van der Waals surface area contributed by atoms with Crippen LogP contribution in [0, 0.1) is 0 Å². The lowest BCUT2D eigenvalue weighted by Gasteiger charge is -2.12. The molecule has 0 aromatic heterocycles. The fourth-order valence-corrected chi connectivity index (χ4v) is 3.21. The summed E-state index contributed by atoms with van der Waals surface area (Å²) in [6, 6.07) is 4.04. The van der Waals surface area contributed by atoms with Crippen molar-refractivity contribution in [2.45, 2.75) is 25.8 Å². The van der Waals surface area contributed by atoms with Crippen molar-refractivity contribution >= 4 is 31.9 Å². The van der Waals surface area contributed by atoms with Gasteiger partial charge in [-0.2, -0.15) is 0 Å². The zero-order valence-electron chi connectivity index (χ0n) is 10.5. The summed E-state index contributed by atoms with van der Waals surface area (Å²) in [5.41, 5.74) is 1.13. The number of aliphatic hydroxyl groups excluding tert-OH is 1. The summed E-state index contributed by atoms with van der Waals surface area (Å²) >= 11 is 6.97. The fourth-order valence-electron chi connectivity index (χ4n) is 1.74. The van der Waals surface area contributed by atoms with Gasteiger partial charge in [0.05, 0.1) is 11.6 Å². The van der Waals surface area contributed by atoms with Gasteiger partial charge in [-0.15, -0.1) is 0 Å². The summed E-state index contributed by atoms with van der Waals surface area (Å²) in [6.45, 7) is 2.01. The van der Waals surface area contributed by atoms with Crippen molar-refractivity contribution in [3.8, 4) is 5.75 Å². The highest BCUT2D eigenvalue weighted by Crippen LogP contribution is 2.32. The number of hydrogen-bond donors (Lipinski definition) is 2. The average molecular weight is 381 g/mol. The Kier molecular flexibility index (Phi) is 7.90. The number of rotatable bonds is 8. The van der Waals surface area contributed by atoms with Crippen LogP contribution in [0.1, 0.15) is 24.8 Å². The van der Waals surface area contributed by atoms with Crippen molar-refractivity contribution in [2.24, 2.45) is 0 Å². The van der Waals surface area contributed by atoms with E-state index in [0.29, 0.717) is 0 Å². The molecule has 0 amide bonds. The van der Waals surface area contributed by atoms with Gasteiger partial charge in [0.25, 0.3) is 0 Å². The molecular weight excluding hydrogens is 362 g/mol. The van der Waals surface area contributed by atoms with Gasteiger partial charge >= 0.3 is 0 Å². The van der Waals surface area contributed by atoms with Crippen LogP contribution in [0.2, 0.25) is 0 Å². The molecular formula is C13H19Br2NO2. The number of hydrogen-bond acceptors (Lipinski definition) is 3. The van der Waals surface area contributed by atoms with Gasteiger partial charge in [0.2, 0.25) is 0 Å². The second-order valence-corrected chi connectivity index (χ2v) is 5.81. The quantitative estimate of drug-likeness (QED) is 0.678. The predicted molar refractivity (Wildman–Crippen MR) is 81.0 cm³/mol. The molecule has 0 saturated heterocycles. The van der Waals surface area contributed by atoms with E-state index in [0.717, 1.165) is 52.6 Å². The van der Waals surface area contributed by atoms with E-state index < -0.39 is 0 Å². The summed E-state index contributed by atoms with van der Waals surface area (Å²) in [4.78, 5) is 0. The molecule has 1 aromatic carbocycles. The van der Waals surface area contributed by atoms with Crippen molar-refractivity contribution in [3.63, 3.8) is 0 Å². The molecule has 0 saturated carbocycles. The predicted octanol–water partition coefficient (Wildman–Crippen LogP) is 3.47. The summed E-state index contributed by atoms with van der Waals surface area (Å²) < 4.78 is 7.38. The van der Waals surface area contributed by atoms with Gasteiger partial charge < -0.3 is 15.2 Å². The number of unbranched alkanes of at least 4 members (excludes halogenated alkanes) is 2. The van der Waals surface area contributed by atoms with Crippen LogP contribution in [0.3, 0.4) is 0 Å². The largest absolute Gasteiger partial charge is 0.495 e. The standard InChI is InChI=1S/C13H19Br2NO2/c1-18-13-10(7-11(14)8-12(13)15)9-16-5-3-2-4-6-17/h7-8,16-17H,2-6,9H2,1H3. The third kappa shape index (κ3) is 5.26. The van der Waals surface area contributed by atoms with Crippen LogP contribution < -0.4 is 10.1 Å². The second-order valence-electron chi connectivity index (χ2n) is 4.04. The number of halogens is 2. The molecule has 3 nitrogen and oxygen atoms in total. The lowest BCUT2D eigenvalue weighted by Crippen LogP contribution is -2.15. The van der Waals surface area contributed by atoms with E-state index in [1.165, 1.54) is 0 Å². The Hall–Kier alpha value is -0.100. The lowest BCUT2D eigenvalue weighted by molar-refractivity contribution is 0.283. The maximum atomic E-state index is 8.68. The Morgan fingerprint density at radius 1 is 1.22 bits per heavy atom. The molecule has 0 bridgehead atoms. The van der Waals surface area contributed by atoms with E-state index in [9.17, 15) is 0 Å². The van der Waals surface area contributed by atoms with Gasteiger partial charge in [-0.1, -0.05) is 15.9 Å². The topological polar surface area (TPSA) is 41.5 Å². The summed E-state index contributed by atoms with van der Waals surface area (Å²) in [5, 5.41) is 12.1. The van der Waals surface area contributed by atoms with Crippen LogP contribution in [-0.4, -0.2) is 25.4 Å². The minimum absolute atomic E-state index is 0.284. The van der Waals surface area contributed by atoms with Gasteiger partial charge in [-0.3, -0.25) is 0 Å². The first kappa shape index (κ1) is 16.0. The molecule has 0 aliphatic rings. The Balaban J connectivity index is 2.46. The Morgan fingerprint density at radius 3 is 2.67 bits per heavy atom. The summed E-state index contributed by atoms with van der Waals surface area (Å²) in [6.07, 6.45) is 3.02. The maximum Gasteiger partial charge on any atom is 0.137 e. The van der Waals surface area contributed by atoms with Gasteiger partial charge in [-0.05, 0) is 53.9 Å². The molecule has 0 spiro atoms. The first-order valence-corrected chi connectivity index (χ1v) is 7.61. The van der Waals surface area contributed by atoms with E-state index in [2.05, 4.69) is 43.2 Å². The van der Waals surface area contributed by atoms with Crippen molar-refractivity contribution in [1.82, 2.24) is 5.32 Å². The Morgan fingerprint density at radius 2 is 2.00 bits per heavy atom. The van der Waals surface area contributed by atoms with E-state index in [1.807, 2.05) is 6.07 Å². The molecule has 0 fully saturated rings. The van der Waals surface area contributed by atoms with E-state index >= 15 is 0 Å². The molecule has 0 unspecified atom stereocenters. The first-order chi connectivity index (χ1) is 8.69. The fraction of sp³-hybridized carbons (Fsp3) is 0.538. The van der Waals surface area contributed by atoms with Gasteiger partial charge in [-0.25, -0.2) is 0 Å². The molecule has 0 radical (unpaired) electrons. The highest BCUT2D eigenvalue weighted by Gasteiger charge is 2.08. The highest BCUT2D eigenvalue weighted by molar-refractivity contribution is 9.11. The highest BCUT2D eigenvalue weighted by atomic mass is 79.9. The normalized spacial score (nSPS) is 10.7. The smallest absolute Gasteiger partial charge is 0.137 e. The van der Waals surface area contributed by atoms with Crippen LogP contribution in [-0.2, 0) is 6.54 Å². The van der Waals surface area contributed by atoms with Gasteiger partial charge in [0.1, 0.15) is 5.75 Å². The first-order valence-electron chi connectivity index (χ1n) is 6.02. The van der Waals surface area contributed by atoms with Crippen LogP contribution in [0.15, 0.2) is 21.1 Å². The number of ether oxygens (including phenoxy) is 1. The van der Waals surface area contributed by atoms with Crippen molar-refractivity contribution in [2.75, 3.05) is 20.3 Å². The average Bonchev–Trinajstić information content (AvgIpc) is 2.33. The van der Waals surface area contributed by atoms with Gasteiger partial charge in [0, 0.05) is 23.2 Å². The molecule has 1 aromatic rings. The third-order valence-electron chi connectivity index (χ3n) is 2.62. The minimum atomic E-state index is 0.284. The summed E-state index contributed by atoms with van der Waals surface area (Å²) in [5.74, 6) is 0.876. The molecule has 0 aliphatic carbocycles. The third-order valence-corrected chi connectivity index (χ3v) is 3.66. The van der Waals surface area contributed by atoms with Crippen LogP contribution in [0.4, 0.5) is 0 Å². The van der Waals surface area contributed by atoms with Crippen LogP contribution >= 0.6 is 31.9 Å². The van der Waals surface area contributed by atoms with E-state index in [-0.39, 0.29) is 6.61 Å². The molecule has 5 heteroatoms. The monoisotopic (exact) mass is 379 g/mol. The Labute approximate surface area is 125 Å². The molecule has 0 heterocycles. The molecule has 102 valence electrons. The molecule has 0 aliphatic heterocycles. The molecule has 0 atom stereocenters. The summed E-state index contributed by atoms with van der Waals surface area (Å²) in [7, 11) is 1.68. The van der Waals surface area contributed by atoms with Crippen molar-refractivity contribution < 1.29 is 9.84 Å². The number of aliphatic hydroxyl groups is 1. The van der Waals surface area contributed by atoms with Gasteiger partial charge in [0.15, 0.2) is 0 Å². The number of nitrogens with one attached hydrogen (secondary N) is 1. The molecule has 2 N–H and O–H groups in total. The zero-order valence-corrected chi connectivity index (χ0v) is 13.7. The van der Waals surface area contributed by atoms with Crippen molar-refractivity contribution in [1.29, 1.82) is 0 Å². The molecule has 18 heavy (non-hydrogen) atoms. The lowest BCUT2D eigenvalue weighted by atomic mass is 10.2. The zero-order chi connectivity index (χ0) is 13.4. The second kappa shape index (κ2) is 8.91.